The maximum absolute atomic E-state index is 12.7. The van der Waals surface area contributed by atoms with Crippen LogP contribution in [0.5, 0.6) is 0 Å². The maximum atomic E-state index is 12.7. The molecule has 0 aliphatic heterocycles. The fourth-order valence-corrected chi connectivity index (χ4v) is 3.19. The summed E-state index contributed by atoms with van der Waals surface area (Å²) in [5, 5.41) is 2.97. The molecular formula is C16H22N2O2S. The quantitative estimate of drug-likeness (QED) is 0.821. The lowest BCUT2D eigenvalue weighted by molar-refractivity contribution is -0.123. The first-order valence-electron chi connectivity index (χ1n) is 7.28. The Kier molecular flexibility index (Phi) is 5.31. The largest absolute Gasteiger partial charge is 0.392 e. The van der Waals surface area contributed by atoms with Gasteiger partial charge in [0.05, 0.1) is 17.0 Å². The van der Waals surface area contributed by atoms with Crippen LogP contribution in [0.1, 0.15) is 37.7 Å². The summed E-state index contributed by atoms with van der Waals surface area (Å²) in [6.45, 7) is 0.518. The Morgan fingerprint density at radius 2 is 2.10 bits per heavy atom. The molecule has 1 fully saturated rings. The van der Waals surface area contributed by atoms with Gasteiger partial charge in [-0.25, -0.2) is 0 Å². The summed E-state index contributed by atoms with van der Waals surface area (Å²) in [7, 11) is 1.65. The fourth-order valence-electron chi connectivity index (χ4n) is 2.90. The Morgan fingerprint density at radius 1 is 1.38 bits per heavy atom. The van der Waals surface area contributed by atoms with Crippen molar-refractivity contribution < 1.29 is 9.53 Å². The summed E-state index contributed by atoms with van der Waals surface area (Å²) in [4.78, 5) is 13.0. The third-order valence-electron chi connectivity index (χ3n) is 4.11. The van der Waals surface area contributed by atoms with Gasteiger partial charge in [-0.2, -0.15) is 0 Å². The van der Waals surface area contributed by atoms with E-state index in [2.05, 4.69) is 5.32 Å². The van der Waals surface area contributed by atoms with Crippen molar-refractivity contribution in [3.05, 3.63) is 29.8 Å². The highest BCUT2D eigenvalue weighted by Crippen LogP contribution is 2.37. The number of nitrogens with two attached hydrogens (primary N) is 1. The molecule has 1 aromatic carbocycles. The second-order valence-corrected chi connectivity index (χ2v) is 6.03. The zero-order chi connectivity index (χ0) is 15.3. The highest BCUT2D eigenvalue weighted by molar-refractivity contribution is 7.80. The van der Waals surface area contributed by atoms with E-state index in [0.29, 0.717) is 11.6 Å². The predicted octanol–water partition coefficient (Wildman–Crippen LogP) is 3.01. The van der Waals surface area contributed by atoms with Crippen molar-refractivity contribution in [1.29, 1.82) is 0 Å². The molecule has 2 rings (SSSR count). The van der Waals surface area contributed by atoms with E-state index in [9.17, 15) is 4.79 Å². The average molecular weight is 306 g/mol. The van der Waals surface area contributed by atoms with Gasteiger partial charge in [-0.15, -0.1) is 0 Å². The summed E-state index contributed by atoms with van der Waals surface area (Å²) in [6, 6.07) is 7.64. The molecule has 5 heteroatoms. The highest BCUT2D eigenvalue weighted by atomic mass is 32.1. The van der Waals surface area contributed by atoms with Crippen LogP contribution in [-0.2, 0) is 16.1 Å². The first-order valence-corrected chi connectivity index (χ1v) is 7.68. The zero-order valence-corrected chi connectivity index (χ0v) is 13.2. The Bertz CT molecular complexity index is 525. The predicted molar refractivity (Wildman–Crippen MR) is 88.1 cm³/mol. The number of ether oxygens (including phenoxy) is 1. The fraction of sp³-hybridized carbons (Fsp3) is 0.500. The number of thiocarbonyl (C=S) groups is 1. The molecule has 0 saturated heterocycles. The van der Waals surface area contributed by atoms with Gasteiger partial charge in [0.25, 0.3) is 0 Å². The van der Waals surface area contributed by atoms with E-state index in [0.717, 1.165) is 43.4 Å². The maximum Gasteiger partial charge on any atom is 0.237 e. The number of carbonyl (C=O) groups excluding carboxylic acids is 1. The summed E-state index contributed by atoms with van der Waals surface area (Å²) in [5.74, 6) is -0.0794. The van der Waals surface area contributed by atoms with Crippen LogP contribution < -0.4 is 11.1 Å². The van der Waals surface area contributed by atoms with Crippen LogP contribution in [0.3, 0.4) is 0 Å². The Morgan fingerprint density at radius 3 is 2.71 bits per heavy atom. The molecule has 1 saturated carbocycles. The van der Waals surface area contributed by atoms with E-state index < -0.39 is 5.41 Å². The molecule has 4 nitrogen and oxygen atoms in total. The van der Waals surface area contributed by atoms with Crippen LogP contribution in [-0.4, -0.2) is 18.0 Å². The minimum Gasteiger partial charge on any atom is -0.392 e. The molecule has 21 heavy (non-hydrogen) atoms. The van der Waals surface area contributed by atoms with E-state index >= 15 is 0 Å². The van der Waals surface area contributed by atoms with Gasteiger partial charge in [0.15, 0.2) is 0 Å². The van der Waals surface area contributed by atoms with E-state index in [1.165, 1.54) is 0 Å². The third-order valence-corrected chi connectivity index (χ3v) is 4.50. The van der Waals surface area contributed by atoms with E-state index in [-0.39, 0.29) is 5.91 Å². The molecule has 0 unspecified atom stereocenters. The SMILES string of the molecule is COCc1cccc(NC(=O)C2(C(N)=S)CCCCC2)c1. The normalized spacial score (nSPS) is 17.2. The van der Waals surface area contributed by atoms with Crippen molar-refractivity contribution in [3.8, 4) is 0 Å². The lowest BCUT2D eigenvalue weighted by Gasteiger charge is -2.34. The number of nitrogens with one attached hydrogen (secondary N) is 1. The van der Waals surface area contributed by atoms with Gasteiger partial charge in [-0.1, -0.05) is 43.6 Å². The number of methoxy groups -OCH3 is 1. The molecule has 0 atom stereocenters. The molecule has 0 heterocycles. The second-order valence-electron chi connectivity index (χ2n) is 5.59. The van der Waals surface area contributed by atoms with Gasteiger partial charge in [-0.3, -0.25) is 4.79 Å². The smallest absolute Gasteiger partial charge is 0.237 e. The lowest BCUT2D eigenvalue weighted by atomic mass is 9.73. The van der Waals surface area contributed by atoms with Crippen LogP contribution in [0.15, 0.2) is 24.3 Å². The summed E-state index contributed by atoms with van der Waals surface area (Å²) in [5.41, 5.74) is 6.97. The monoisotopic (exact) mass is 306 g/mol. The first kappa shape index (κ1) is 15.9. The van der Waals surface area contributed by atoms with E-state index in [4.69, 9.17) is 22.7 Å². The molecule has 0 aromatic heterocycles. The second kappa shape index (κ2) is 7.00. The molecular weight excluding hydrogens is 284 g/mol. The van der Waals surface area contributed by atoms with Crippen LogP contribution in [0.25, 0.3) is 0 Å². The molecule has 1 aliphatic carbocycles. The minimum atomic E-state index is -0.690. The number of amides is 1. The van der Waals surface area contributed by atoms with E-state index in [1.54, 1.807) is 7.11 Å². The first-order chi connectivity index (χ1) is 10.1. The number of hydrogen-bond donors (Lipinski definition) is 2. The van der Waals surface area contributed by atoms with Gasteiger partial charge in [0, 0.05) is 12.8 Å². The molecule has 0 spiro atoms. The molecule has 1 aliphatic rings. The zero-order valence-electron chi connectivity index (χ0n) is 12.4. The molecule has 114 valence electrons. The number of anilines is 1. The Labute approximate surface area is 131 Å². The van der Waals surface area contributed by atoms with Crippen molar-refractivity contribution >= 4 is 28.8 Å². The highest BCUT2D eigenvalue weighted by Gasteiger charge is 2.42. The van der Waals surface area contributed by atoms with Gasteiger partial charge in [0.1, 0.15) is 0 Å². The standard InChI is InChI=1S/C16H22N2O2S/c1-20-11-12-6-5-7-13(10-12)18-15(19)16(14(17)21)8-3-2-4-9-16/h5-7,10H,2-4,8-9,11H2,1H3,(H2,17,21)(H,18,19). The molecule has 1 aromatic rings. The van der Waals surface area contributed by atoms with Crippen molar-refractivity contribution in [2.75, 3.05) is 12.4 Å². The Hall–Kier alpha value is -1.46. The number of hydrogen-bond acceptors (Lipinski definition) is 3. The molecule has 0 radical (unpaired) electrons. The lowest BCUT2D eigenvalue weighted by Crippen LogP contribution is -2.47. The molecule has 0 bridgehead atoms. The van der Waals surface area contributed by atoms with Gasteiger partial charge < -0.3 is 15.8 Å². The molecule has 1 amide bonds. The van der Waals surface area contributed by atoms with Crippen molar-refractivity contribution in [1.82, 2.24) is 0 Å². The third kappa shape index (κ3) is 3.60. The van der Waals surface area contributed by atoms with Gasteiger partial charge in [-0.05, 0) is 30.5 Å². The van der Waals surface area contributed by atoms with Crippen LogP contribution >= 0.6 is 12.2 Å². The topological polar surface area (TPSA) is 64.3 Å². The van der Waals surface area contributed by atoms with Gasteiger partial charge in [0.2, 0.25) is 5.91 Å². The number of benzene rings is 1. The number of carbonyl (C=O) groups is 1. The molecule has 3 N–H and O–H groups in total. The van der Waals surface area contributed by atoms with Crippen LogP contribution in [0.4, 0.5) is 5.69 Å². The minimum absolute atomic E-state index is 0.0794. The number of rotatable bonds is 5. The van der Waals surface area contributed by atoms with Crippen molar-refractivity contribution in [3.63, 3.8) is 0 Å². The van der Waals surface area contributed by atoms with Crippen molar-refractivity contribution in [2.45, 2.75) is 38.7 Å². The van der Waals surface area contributed by atoms with Crippen molar-refractivity contribution in [2.24, 2.45) is 11.1 Å². The Balaban J connectivity index is 2.15. The summed E-state index contributed by atoms with van der Waals surface area (Å²) >= 11 is 5.18. The van der Waals surface area contributed by atoms with Crippen LogP contribution in [0.2, 0.25) is 0 Å². The summed E-state index contributed by atoms with van der Waals surface area (Å²) < 4.78 is 5.11. The summed E-state index contributed by atoms with van der Waals surface area (Å²) in [6.07, 6.45) is 4.61. The van der Waals surface area contributed by atoms with E-state index in [1.807, 2.05) is 24.3 Å². The van der Waals surface area contributed by atoms with Gasteiger partial charge >= 0.3 is 0 Å². The average Bonchev–Trinajstić information content (AvgIpc) is 2.48. The van der Waals surface area contributed by atoms with Crippen LogP contribution in [0, 0.1) is 5.41 Å².